The van der Waals surface area contributed by atoms with E-state index >= 15 is 0 Å². The highest BCUT2D eigenvalue weighted by molar-refractivity contribution is 7.09. The van der Waals surface area contributed by atoms with Gasteiger partial charge < -0.3 is 9.84 Å². The molecule has 1 atom stereocenters. The Hall–Kier alpha value is -0.910. The average molecular weight is 257 g/mol. The van der Waals surface area contributed by atoms with E-state index < -0.39 is 12.0 Å². The minimum atomic E-state index is -0.836. The van der Waals surface area contributed by atoms with Gasteiger partial charge in [-0.3, -0.25) is 9.69 Å². The zero-order chi connectivity index (χ0) is 12.8. The molecule has 0 saturated carbocycles. The van der Waals surface area contributed by atoms with Crippen LogP contribution in [0.4, 0.5) is 0 Å². The molecule has 1 heterocycles. The molecule has 0 aromatic carbocycles. The van der Waals surface area contributed by atoms with Gasteiger partial charge in [0.15, 0.2) is 0 Å². The van der Waals surface area contributed by atoms with Crippen molar-refractivity contribution in [2.75, 3.05) is 13.7 Å². The van der Waals surface area contributed by atoms with E-state index in [2.05, 4.69) is 0 Å². The van der Waals surface area contributed by atoms with Crippen LogP contribution >= 0.6 is 11.3 Å². The summed E-state index contributed by atoms with van der Waals surface area (Å²) >= 11 is 1.64. The van der Waals surface area contributed by atoms with Gasteiger partial charge >= 0.3 is 5.97 Å². The van der Waals surface area contributed by atoms with Crippen LogP contribution in [0, 0.1) is 0 Å². The molecule has 4 nitrogen and oxygen atoms in total. The van der Waals surface area contributed by atoms with E-state index in [0.717, 1.165) is 0 Å². The number of hydrogen-bond acceptors (Lipinski definition) is 4. The quantitative estimate of drug-likeness (QED) is 0.812. The summed E-state index contributed by atoms with van der Waals surface area (Å²) in [7, 11) is 1.53. The molecule has 17 heavy (non-hydrogen) atoms. The standard InChI is InChI=1S/C12H19NO3S/c1-9(2)13(7-10-5-4-6-17-10)11(8-16-3)12(14)15/h4-6,9,11H,7-8H2,1-3H3,(H,14,15). The molecule has 0 aliphatic carbocycles. The average Bonchev–Trinajstić information content (AvgIpc) is 2.75. The lowest BCUT2D eigenvalue weighted by atomic mass is 10.2. The molecule has 96 valence electrons. The Morgan fingerprint density at radius 2 is 2.29 bits per heavy atom. The fraction of sp³-hybridized carbons (Fsp3) is 0.583. The van der Waals surface area contributed by atoms with Gasteiger partial charge in [0.05, 0.1) is 6.61 Å². The molecule has 1 aromatic rings. The van der Waals surface area contributed by atoms with Crippen molar-refractivity contribution in [1.29, 1.82) is 0 Å². The van der Waals surface area contributed by atoms with Gasteiger partial charge in [-0.15, -0.1) is 11.3 Å². The Balaban J connectivity index is 2.79. The largest absolute Gasteiger partial charge is 0.480 e. The van der Waals surface area contributed by atoms with E-state index in [9.17, 15) is 9.90 Å². The Bertz CT molecular complexity index is 338. The molecule has 0 saturated heterocycles. The van der Waals surface area contributed by atoms with Crippen LogP contribution in [0.3, 0.4) is 0 Å². The first-order valence-corrected chi connectivity index (χ1v) is 6.44. The summed E-state index contributed by atoms with van der Waals surface area (Å²) in [6.07, 6.45) is 0. The van der Waals surface area contributed by atoms with Crippen molar-refractivity contribution in [3.63, 3.8) is 0 Å². The SMILES string of the molecule is COCC(C(=O)O)N(Cc1cccs1)C(C)C. The molecule has 1 unspecified atom stereocenters. The summed E-state index contributed by atoms with van der Waals surface area (Å²) in [5.74, 6) is -0.836. The molecule has 0 amide bonds. The number of methoxy groups -OCH3 is 1. The lowest BCUT2D eigenvalue weighted by molar-refractivity contribution is -0.146. The van der Waals surface area contributed by atoms with Crippen LogP contribution in [-0.2, 0) is 16.1 Å². The maximum atomic E-state index is 11.2. The highest BCUT2D eigenvalue weighted by atomic mass is 32.1. The van der Waals surface area contributed by atoms with Gasteiger partial charge in [-0.05, 0) is 25.3 Å². The Morgan fingerprint density at radius 3 is 2.71 bits per heavy atom. The molecule has 1 rings (SSSR count). The molecule has 0 aliphatic rings. The van der Waals surface area contributed by atoms with Crippen molar-refractivity contribution in [1.82, 2.24) is 4.90 Å². The molecule has 0 spiro atoms. The number of aliphatic carboxylic acids is 1. The molecule has 1 N–H and O–H groups in total. The number of rotatable bonds is 7. The van der Waals surface area contributed by atoms with E-state index in [4.69, 9.17) is 4.74 Å². The van der Waals surface area contributed by atoms with Crippen LogP contribution in [0.1, 0.15) is 18.7 Å². The number of nitrogens with zero attached hydrogens (tertiary/aromatic N) is 1. The molecule has 0 bridgehead atoms. The number of carboxylic acids is 1. The third-order valence-electron chi connectivity index (χ3n) is 2.59. The molecule has 0 radical (unpaired) electrons. The first-order chi connectivity index (χ1) is 8.06. The first kappa shape index (κ1) is 14.2. The predicted octanol–water partition coefficient (Wildman–Crippen LogP) is 2.06. The lowest BCUT2D eigenvalue weighted by Gasteiger charge is -2.31. The van der Waals surface area contributed by atoms with Crippen LogP contribution in [0.5, 0.6) is 0 Å². The van der Waals surface area contributed by atoms with E-state index in [1.807, 2.05) is 36.3 Å². The van der Waals surface area contributed by atoms with E-state index in [0.29, 0.717) is 6.54 Å². The smallest absolute Gasteiger partial charge is 0.323 e. The van der Waals surface area contributed by atoms with Gasteiger partial charge in [0.1, 0.15) is 6.04 Å². The molecule has 0 fully saturated rings. The van der Waals surface area contributed by atoms with Crippen LogP contribution in [0.2, 0.25) is 0 Å². The van der Waals surface area contributed by atoms with Gasteiger partial charge in [-0.2, -0.15) is 0 Å². The maximum absolute atomic E-state index is 11.2. The fourth-order valence-electron chi connectivity index (χ4n) is 1.70. The Labute approximate surface area is 106 Å². The topological polar surface area (TPSA) is 49.8 Å². The van der Waals surface area contributed by atoms with Crippen molar-refractivity contribution < 1.29 is 14.6 Å². The molecule has 0 aliphatic heterocycles. The summed E-state index contributed by atoms with van der Waals surface area (Å²) in [6, 6.07) is 3.56. The zero-order valence-corrected chi connectivity index (χ0v) is 11.2. The van der Waals surface area contributed by atoms with E-state index in [1.54, 1.807) is 11.3 Å². The molecular weight excluding hydrogens is 238 g/mol. The predicted molar refractivity (Wildman–Crippen MR) is 68.3 cm³/mol. The van der Waals surface area contributed by atoms with Crippen molar-refractivity contribution in [2.45, 2.75) is 32.5 Å². The van der Waals surface area contributed by atoms with Crippen molar-refractivity contribution in [2.24, 2.45) is 0 Å². The zero-order valence-electron chi connectivity index (χ0n) is 10.4. The Kier molecular flexibility index (Phi) is 5.61. The monoisotopic (exact) mass is 257 g/mol. The summed E-state index contributed by atoms with van der Waals surface area (Å²) in [5.41, 5.74) is 0. The maximum Gasteiger partial charge on any atom is 0.323 e. The van der Waals surface area contributed by atoms with E-state index in [1.165, 1.54) is 12.0 Å². The third kappa shape index (κ3) is 4.11. The van der Waals surface area contributed by atoms with Crippen molar-refractivity contribution in [3.8, 4) is 0 Å². The summed E-state index contributed by atoms with van der Waals surface area (Å²) in [6.45, 7) is 4.85. The van der Waals surface area contributed by atoms with Gasteiger partial charge in [0.25, 0.3) is 0 Å². The second kappa shape index (κ2) is 6.74. The van der Waals surface area contributed by atoms with Crippen LogP contribution < -0.4 is 0 Å². The number of carboxylic acid groups (broad SMARTS) is 1. The van der Waals surface area contributed by atoms with Crippen LogP contribution in [0.15, 0.2) is 17.5 Å². The minimum Gasteiger partial charge on any atom is -0.480 e. The lowest BCUT2D eigenvalue weighted by Crippen LogP contribution is -2.47. The Morgan fingerprint density at radius 1 is 1.59 bits per heavy atom. The second-order valence-corrected chi connectivity index (χ2v) is 5.19. The van der Waals surface area contributed by atoms with Crippen LogP contribution in [-0.4, -0.2) is 41.8 Å². The number of carbonyl (C=O) groups is 1. The number of hydrogen-bond donors (Lipinski definition) is 1. The van der Waals surface area contributed by atoms with Gasteiger partial charge in [0, 0.05) is 24.6 Å². The first-order valence-electron chi connectivity index (χ1n) is 5.56. The summed E-state index contributed by atoms with van der Waals surface area (Å²) in [4.78, 5) is 14.4. The third-order valence-corrected chi connectivity index (χ3v) is 3.45. The molecular formula is C12H19NO3S. The highest BCUT2D eigenvalue weighted by Gasteiger charge is 2.27. The van der Waals surface area contributed by atoms with Gasteiger partial charge in [0.2, 0.25) is 0 Å². The summed E-state index contributed by atoms with van der Waals surface area (Å²) < 4.78 is 5.00. The second-order valence-electron chi connectivity index (χ2n) is 4.15. The highest BCUT2D eigenvalue weighted by Crippen LogP contribution is 2.16. The van der Waals surface area contributed by atoms with Crippen molar-refractivity contribution in [3.05, 3.63) is 22.4 Å². The van der Waals surface area contributed by atoms with Gasteiger partial charge in [-0.1, -0.05) is 6.07 Å². The minimum absolute atomic E-state index is 0.161. The number of ether oxygens (including phenoxy) is 1. The summed E-state index contributed by atoms with van der Waals surface area (Å²) in [5, 5.41) is 11.2. The molecule has 1 aromatic heterocycles. The number of thiophene rings is 1. The molecule has 5 heteroatoms. The van der Waals surface area contributed by atoms with Crippen LogP contribution in [0.25, 0.3) is 0 Å². The normalized spacial score (nSPS) is 13.2. The van der Waals surface area contributed by atoms with E-state index in [-0.39, 0.29) is 12.6 Å². The fourth-order valence-corrected chi connectivity index (χ4v) is 2.41. The van der Waals surface area contributed by atoms with Gasteiger partial charge in [-0.25, -0.2) is 0 Å². The van der Waals surface area contributed by atoms with Crippen molar-refractivity contribution >= 4 is 17.3 Å².